The fourth-order valence-corrected chi connectivity index (χ4v) is 2.76. The lowest BCUT2D eigenvalue weighted by Gasteiger charge is -2.23. The molecule has 2 aromatic rings. The van der Waals surface area contributed by atoms with Crippen molar-refractivity contribution < 1.29 is 13.9 Å². The number of nitrogens with one attached hydrogen (secondary N) is 2. The van der Waals surface area contributed by atoms with E-state index >= 15 is 0 Å². The summed E-state index contributed by atoms with van der Waals surface area (Å²) in [5.41, 5.74) is 0. The number of carbonyl (C=O) groups excluding carboxylic acids is 1. The lowest BCUT2D eigenvalue weighted by molar-refractivity contribution is 0.0898. The highest BCUT2D eigenvalue weighted by Crippen LogP contribution is 2.18. The van der Waals surface area contributed by atoms with Crippen LogP contribution < -0.4 is 15.4 Å². The van der Waals surface area contributed by atoms with Crippen molar-refractivity contribution in [3.05, 3.63) is 52.4 Å². The first-order chi connectivity index (χ1) is 11.2. The molecule has 1 aromatic heterocycles. The van der Waals surface area contributed by atoms with E-state index in [1.54, 1.807) is 12.1 Å². The number of piperidine rings is 1. The van der Waals surface area contributed by atoms with E-state index in [0.717, 1.165) is 36.2 Å². The van der Waals surface area contributed by atoms with Crippen LogP contribution in [0.4, 0.5) is 0 Å². The number of furan rings is 1. The van der Waals surface area contributed by atoms with Gasteiger partial charge < -0.3 is 19.8 Å². The summed E-state index contributed by atoms with van der Waals surface area (Å²) in [5, 5.41) is 6.26. The van der Waals surface area contributed by atoms with Gasteiger partial charge in [0.25, 0.3) is 5.91 Å². The van der Waals surface area contributed by atoms with Crippen molar-refractivity contribution in [1.29, 1.82) is 0 Å². The molecule has 2 N–H and O–H groups in total. The summed E-state index contributed by atoms with van der Waals surface area (Å²) in [6, 6.07) is 11.2. The third-order valence-corrected chi connectivity index (χ3v) is 4.24. The Bertz CT molecular complexity index is 648. The van der Waals surface area contributed by atoms with Gasteiger partial charge in [0.2, 0.25) is 0 Å². The van der Waals surface area contributed by atoms with E-state index in [1.165, 1.54) is 0 Å². The molecule has 1 atom stereocenters. The molecule has 1 aromatic carbocycles. The van der Waals surface area contributed by atoms with Crippen LogP contribution in [0.15, 0.2) is 45.3 Å². The van der Waals surface area contributed by atoms with Crippen molar-refractivity contribution in [3.63, 3.8) is 0 Å². The normalized spacial score (nSPS) is 17.7. The van der Waals surface area contributed by atoms with Gasteiger partial charge in [-0.15, -0.1) is 0 Å². The average molecular weight is 379 g/mol. The van der Waals surface area contributed by atoms with E-state index in [-0.39, 0.29) is 11.9 Å². The molecule has 0 aliphatic carbocycles. The van der Waals surface area contributed by atoms with Gasteiger partial charge in [-0.3, -0.25) is 4.79 Å². The topological polar surface area (TPSA) is 63.5 Å². The van der Waals surface area contributed by atoms with Crippen LogP contribution in [0.1, 0.15) is 29.2 Å². The molecule has 1 unspecified atom stereocenters. The Balaban J connectivity index is 1.52. The Morgan fingerprint density at radius 3 is 2.87 bits per heavy atom. The van der Waals surface area contributed by atoms with E-state index < -0.39 is 0 Å². The zero-order valence-electron chi connectivity index (χ0n) is 12.7. The smallest absolute Gasteiger partial charge is 0.287 e. The highest BCUT2D eigenvalue weighted by atomic mass is 79.9. The maximum absolute atomic E-state index is 12.2. The molecule has 1 amide bonds. The highest BCUT2D eigenvalue weighted by molar-refractivity contribution is 9.10. The van der Waals surface area contributed by atoms with Crippen molar-refractivity contribution in [2.45, 2.75) is 25.5 Å². The minimum Gasteiger partial charge on any atom is -0.486 e. The number of ether oxygens (including phenoxy) is 1. The molecule has 3 rings (SSSR count). The lowest BCUT2D eigenvalue weighted by atomic mass is 10.1. The summed E-state index contributed by atoms with van der Waals surface area (Å²) in [6.07, 6.45) is 2.08. The second-order valence-corrected chi connectivity index (χ2v) is 6.44. The molecular formula is C17H19BrN2O3. The van der Waals surface area contributed by atoms with E-state index in [4.69, 9.17) is 9.15 Å². The predicted molar refractivity (Wildman–Crippen MR) is 90.5 cm³/mol. The Labute approximate surface area is 143 Å². The Morgan fingerprint density at radius 1 is 1.30 bits per heavy atom. The third-order valence-electron chi connectivity index (χ3n) is 3.71. The zero-order valence-corrected chi connectivity index (χ0v) is 14.3. The van der Waals surface area contributed by atoms with Gasteiger partial charge in [0.15, 0.2) is 5.76 Å². The molecule has 2 heterocycles. The van der Waals surface area contributed by atoms with Crippen LogP contribution in [0.3, 0.4) is 0 Å². The van der Waals surface area contributed by atoms with Gasteiger partial charge in [0, 0.05) is 17.1 Å². The summed E-state index contributed by atoms with van der Waals surface area (Å²) < 4.78 is 12.2. The number of benzene rings is 1. The summed E-state index contributed by atoms with van der Waals surface area (Å²) in [6.45, 7) is 2.12. The minimum atomic E-state index is -0.173. The van der Waals surface area contributed by atoms with Crippen molar-refractivity contribution in [3.8, 4) is 5.75 Å². The van der Waals surface area contributed by atoms with Crippen LogP contribution >= 0.6 is 15.9 Å². The summed E-state index contributed by atoms with van der Waals surface area (Å²) in [5.74, 6) is 1.53. The van der Waals surface area contributed by atoms with Gasteiger partial charge >= 0.3 is 0 Å². The average Bonchev–Trinajstić information content (AvgIpc) is 3.04. The SMILES string of the molecule is O=C(NC1CCCNC1)c1ccc(COc2ccc(Br)cc2)o1. The van der Waals surface area contributed by atoms with Gasteiger partial charge in [-0.1, -0.05) is 15.9 Å². The number of hydrogen-bond donors (Lipinski definition) is 2. The number of amides is 1. The standard InChI is InChI=1S/C17H19BrN2O3/c18-12-3-5-14(6-4-12)22-11-15-7-8-16(23-15)17(21)20-13-2-1-9-19-10-13/h3-8,13,19H,1-2,9-11H2,(H,20,21). The second kappa shape index (κ2) is 7.66. The molecule has 122 valence electrons. The number of halogens is 1. The van der Waals surface area contributed by atoms with Crippen LogP contribution in [-0.4, -0.2) is 25.0 Å². The first kappa shape index (κ1) is 16.1. The van der Waals surface area contributed by atoms with Crippen LogP contribution in [0.2, 0.25) is 0 Å². The Morgan fingerprint density at radius 2 is 2.13 bits per heavy atom. The summed E-state index contributed by atoms with van der Waals surface area (Å²) in [4.78, 5) is 12.2. The fourth-order valence-electron chi connectivity index (χ4n) is 2.49. The van der Waals surface area contributed by atoms with Crippen LogP contribution in [-0.2, 0) is 6.61 Å². The van der Waals surface area contributed by atoms with E-state index in [2.05, 4.69) is 26.6 Å². The molecule has 6 heteroatoms. The lowest BCUT2D eigenvalue weighted by Crippen LogP contribution is -2.45. The summed E-state index contributed by atoms with van der Waals surface area (Å²) in [7, 11) is 0. The molecule has 1 aliphatic heterocycles. The number of carbonyl (C=O) groups is 1. The monoisotopic (exact) mass is 378 g/mol. The molecular weight excluding hydrogens is 360 g/mol. The predicted octanol–water partition coefficient (Wildman–Crippen LogP) is 3.10. The van der Waals surface area contributed by atoms with Crippen molar-refractivity contribution in [2.75, 3.05) is 13.1 Å². The molecule has 0 spiro atoms. The van der Waals surface area contributed by atoms with Crippen LogP contribution in [0.25, 0.3) is 0 Å². The molecule has 0 bridgehead atoms. The maximum Gasteiger partial charge on any atom is 0.287 e. The number of hydrogen-bond acceptors (Lipinski definition) is 4. The molecule has 0 radical (unpaired) electrons. The molecule has 23 heavy (non-hydrogen) atoms. The zero-order chi connectivity index (χ0) is 16.1. The van der Waals surface area contributed by atoms with E-state index in [0.29, 0.717) is 18.1 Å². The molecule has 5 nitrogen and oxygen atoms in total. The Hall–Kier alpha value is -1.79. The highest BCUT2D eigenvalue weighted by Gasteiger charge is 2.18. The van der Waals surface area contributed by atoms with Crippen LogP contribution in [0.5, 0.6) is 5.75 Å². The van der Waals surface area contributed by atoms with Gasteiger partial charge in [0.1, 0.15) is 18.1 Å². The van der Waals surface area contributed by atoms with Gasteiger partial charge in [-0.2, -0.15) is 0 Å². The number of rotatable bonds is 5. The van der Waals surface area contributed by atoms with E-state index in [1.807, 2.05) is 24.3 Å². The van der Waals surface area contributed by atoms with Crippen molar-refractivity contribution in [1.82, 2.24) is 10.6 Å². The van der Waals surface area contributed by atoms with E-state index in [9.17, 15) is 4.79 Å². The maximum atomic E-state index is 12.2. The molecule has 1 saturated heterocycles. The van der Waals surface area contributed by atoms with Crippen molar-refractivity contribution >= 4 is 21.8 Å². The second-order valence-electron chi connectivity index (χ2n) is 5.53. The largest absolute Gasteiger partial charge is 0.486 e. The van der Waals surface area contributed by atoms with Gasteiger partial charge in [-0.05, 0) is 55.8 Å². The molecule has 0 saturated carbocycles. The quantitative estimate of drug-likeness (QED) is 0.838. The third kappa shape index (κ3) is 4.59. The van der Waals surface area contributed by atoms with Crippen molar-refractivity contribution in [2.24, 2.45) is 0 Å². The minimum absolute atomic E-state index is 0.170. The fraction of sp³-hybridized carbons (Fsp3) is 0.353. The molecule has 1 fully saturated rings. The van der Waals surface area contributed by atoms with Gasteiger partial charge in [-0.25, -0.2) is 0 Å². The first-order valence-electron chi connectivity index (χ1n) is 7.69. The summed E-state index contributed by atoms with van der Waals surface area (Å²) >= 11 is 3.38. The molecule has 1 aliphatic rings. The van der Waals surface area contributed by atoms with Gasteiger partial charge in [0.05, 0.1) is 0 Å². The van der Waals surface area contributed by atoms with Crippen LogP contribution in [0, 0.1) is 0 Å². The first-order valence-corrected chi connectivity index (χ1v) is 8.49. The Kier molecular flexibility index (Phi) is 5.35.